The maximum Gasteiger partial charge on any atom is 0.0541 e. The third kappa shape index (κ3) is 3.59. The van der Waals surface area contributed by atoms with Crippen LogP contribution >= 0.6 is 11.8 Å². The maximum absolute atomic E-state index is 2.39. The number of benzene rings is 7. The Balaban J connectivity index is 1.18. The summed E-state index contributed by atoms with van der Waals surface area (Å²) in [4.78, 5) is 2.66. The van der Waals surface area contributed by atoms with Gasteiger partial charge in [-0.25, -0.2) is 0 Å². The lowest BCUT2D eigenvalue weighted by molar-refractivity contribution is 1.18. The summed E-state index contributed by atoms with van der Waals surface area (Å²) in [5.74, 6) is 0. The molecule has 1 aliphatic rings. The second-order valence-electron chi connectivity index (χ2n) is 11.0. The van der Waals surface area contributed by atoms with Crippen molar-refractivity contribution in [2.24, 2.45) is 0 Å². The highest BCUT2D eigenvalue weighted by Gasteiger charge is 2.20. The zero-order valence-electron chi connectivity index (χ0n) is 22.8. The molecule has 0 N–H and O–H groups in total. The van der Waals surface area contributed by atoms with Crippen LogP contribution in [0.2, 0.25) is 0 Å². The van der Waals surface area contributed by atoms with Gasteiger partial charge in [0.25, 0.3) is 0 Å². The number of para-hydroxylation sites is 1. The number of nitrogens with zero attached hydrogens (tertiary/aromatic N) is 1. The Morgan fingerprint density at radius 1 is 0.405 bits per heavy atom. The summed E-state index contributed by atoms with van der Waals surface area (Å²) < 4.78 is 2.39. The summed E-state index contributed by atoms with van der Waals surface area (Å²) in [5, 5.41) is 5.22. The zero-order chi connectivity index (χ0) is 27.6. The van der Waals surface area contributed by atoms with Crippen molar-refractivity contribution in [2.75, 3.05) is 0 Å². The molecule has 0 amide bonds. The summed E-state index contributed by atoms with van der Waals surface area (Å²) >= 11 is 1.88. The van der Waals surface area contributed by atoms with Crippen LogP contribution in [0.4, 0.5) is 0 Å². The van der Waals surface area contributed by atoms with Gasteiger partial charge in [0.1, 0.15) is 0 Å². The van der Waals surface area contributed by atoms with Gasteiger partial charge in [0, 0.05) is 31.6 Å². The Bertz CT molecular complexity index is 2300. The maximum atomic E-state index is 2.39. The van der Waals surface area contributed by atoms with Crippen molar-refractivity contribution in [1.29, 1.82) is 0 Å². The lowest BCUT2D eigenvalue weighted by Crippen LogP contribution is -1.94. The lowest BCUT2D eigenvalue weighted by atomic mass is 9.94. The average Bonchev–Trinajstić information content (AvgIpc) is 3.39. The highest BCUT2D eigenvalue weighted by atomic mass is 32.2. The van der Waals surface area contributed by atoms with E-state index in [1.165, 1.54) is 81.4 Å². The minimum atomic E-state index is 1.17. The minimum absolute atomic E-state index is 1.17. The molecule has 0 spiro atoms. The van der Waals surface area contributed by atoms with Gasteiger partial charge in [-0.3, -0.25) is 0 Å². The Morgan fingerprint density at radius 2 is 1.10 bits per heavy atom. The largest absolute Gasteiger partial charge is 0.309 e. The fourth-order valence-corrected chi connectivity index (χ4v) is 7.74. The Morgan fingerprint density at radius 3 is 1.98 bits per heavy atom. The lowest BCUT2D eigenvalue weighted by Gasteiger charge is -2.21. The molecule has 0 saturated heterocycles. The summed E-state index contributed by atoms with van der Waals surface area (Å²) in [7, 11) is 0. The van der Waals surface area contributed by atoms with Crippen LogP contribution in [0.25, 0.3) is 71.6 Å². The Kier molecular flexibility index (Phi) is 5.20. The second-order valence-corrected chi connectivity index (χ2v) is 12.1. The molecule has 8 aromatic rings. The molecule has 0 radical (unpaired) electrons. The zero-order valence-corrected chi connectivity index (χ0v) is 23.6. The number of hydrogen-bond acceptors (Lipinski definition) is 1. The van der Waals surface area contributed by atoms with Gasteiger partial charge >= 0.3 is 0 Å². The van der Waals surface area contributed by atoms with Crippen LogP contribution in [0.15, 0.2) is 161 Å². The van der Waals surface area contributed by atoms with Gasteiger partial charge in [-0.15, -0.1) is 0 Å². The number of rotatable bonds is 3. The number of hydrogen-bond donors (Lipinski definition) is 0. The summed E-state index contributed by atoms with van der Waals surface area (Å²) in [6, 6.07) is 55.5. The normalized spacial score (nSPS) is 12.2. The van der Waals surface area contributed by atoms with Crippen molar-refractivity contribution in [2.45, 2.75) is 9.79 Å². The molecular weight excluding hydrogens is 527 g/mol. The molecule has 1 aromatic heterocycles. The van der Waals surface area contributed by atoms with Crippen molar-refractivity contribution < 1.29 is 0 Å². The average molecular weight is 552 g/mol. The van der Waals surface area contributed by atoms with Gasteiger partial charge in [0.05, 0.1) is 11.0 Å². The summed E-state index contributed by atoms with van der Waals surface area (Å²) in [6.07, 6.45) is 0. The van der Waals surface area contributed by atoms with Gasteiger partial charge in [0.15, 0.2) is 0 Å². The van der Waals surface area contributed by atoms with E-state index in [2.05, 4.69) is 156 Å². The van der Waals surface area contributed by atoms with Gasteiger partial charge in [-0.2, -0.15) is 0 Å². The minimum Gasteiger partial charge on any atom is -0.309 e. The molecule has 196 valence electrons. The first-order valence-electron chi connectivity index (χ1n) is 14.4. The molecule has 2 heteroatoms. The van der Waals surface area contributed by atoms with E-state index in [0.29, 0.717) is 0 Å². The van der Waals surface area contributed by atoms with Crippen LogP contribution in [-0.2, 0) is 0 Å². The predicted molar refractivity (Wildman–Crippen MR) is 179 cm³/mol. The summed E-state index contributed by atoms with van der Waals surface area (Å²) in [6.45, 7) is 0. The molecule has 7 aromatic carbocycles. The van der Waals surface area contributed by atoms with Crippen molar-refractivity contribution in [3.05, 3.63) is 152 Å². The first kappa shape index (κ1) is 23.6. The molecule has 2 heterocycles. The van der Waals surface area contributed by atoms with Crippen LogP contribution in [0, 0.1) is 0 Å². The van der Waals surface area contributed by atoms with Crippen LogP contribution in [0.5, 0.6) is 0 Å². The molecule has 42 heavy (non-hydrogen) atoms. The first-order chi connectivity index (χ1) is 20.8. The highest BCUT2D eigenvalue weighted by molar-refractivity contribution is 7.99. The van der Waals surface area contributed by atoms with E-state index in [1.54, 1.807) is 0 Å². The smallest absolute Gasteiger partial charge is 0.0541 e. The fourth-order valence-electron chi connectivity index (χ4n) is 6.61. The van der Waals surface area contributed by atoms with Gasteiger partial charge in [-0.05, 0) is 87.3 Å². The van der Waals surface area contributed by atoms with E-state index in [1.807, 2.05) is 11.8 Å². The third-order valence-electron chi connectivity index (χ3n) is 8.59. The predicted octanol–water partition coefficient (Wildman–Crippen LogP) is 11.4. The molecule has 0 aliphatic carbocycles. The molecule has 9 rings (SSSR count). The second kappa shape index (κ2) is 9.24. The topological polar surface area (TPSA) is 4.93 Å². The van der Waals surface area contributed by atoms with Gasteiger partial charge in [0.2, 0.25) is 0 Å². The summed E-state index contributed by atoms with van der Waals surface area (Å²) in [5.41, 5.74) is 11.2. The molecular formula is C40H25NS. The van der Waals surface area contributed by atoms with E-state index < -0.39 is 0 Å². The number of aromatic nitrogens is 1. The van der Waals surface area contributed by atoms with Crippen molar-refractivity contribution in [1.82, 2.24) is 4.57 Å². The van der Waals surface area contributed by atoms with Gasteiger partial charge < -0.3 is 4.57 Å². The molecule has 0 unspecified atom stereocenters. The van der Waals surface area contributed by atoms with Crippen LogP contribution in [-0.4, -0.2) is 4.57 Å². The van der Waals surface area contributed by atoms with E-state index in [9.17, 15) is 0 Å². The number of fused-ring (bicyclic) bond motifs is 5. The standard InChI is InChI=1S/C40H25NS/c1-2-8-26(9-3-1)27-16-20-31(21-17-27)41-36-14-5-4-12-32(36)34-24-29(18-22-37(34)41)30-19-23-38-35(25-30)33-13-6-10-28-11-7-15-39(42-38)40(28)33/h1-25H. The van der Waals surface area contributed by atoms with Crippen LogP contribution in [0.3, 0.4) is 0 Å². The SMILES string of the molecule is c1ccc(-c2ccc(-n3c4ccccc4c4cc(-c5ccc6c(c5)-c5cccc7cccc(c57)S6)ccc43)cc2)cc1. The van der Waals surface area contributed by atoms with Crippen molar-refractivity contribution in [3.63, 3.8) is 0 Å². The van der Waals surface area contributed by atoms with Crippen LogP contribution < -0.4 is 0 Å². The Labute approximate surface area is 248 Å². The molecule has 0 saturated carbocycles. The third-order valence-corrected chi connectivity index (χ3v) is 9.73. The van der Waals surface area contributed by atoms with Crippen molar-refractivity contribution >= 4 is 44.3 Å². The van der Waals surface area contributed by atoms with E-state index in [4.69, 9.17) is 0 Å². The molecule has 0 bridgehead atoms. The molecule has 0 fully saturated rings. The first-order valence-corrected chi connectivity index (χ1v) is 15.2. The highest BCUT2D eigenvalue weighted by Crippen LogP contribution is 2.49. The van der Waals surface area contributed by atoms with E-state index >= 15 is 0 Å². The van der Waals surface area contributed by atoms with E-state index in [-0.39, 0.29) is 0 Å². The molecule has 1 aliphatic heterocycles. The van der Waals surface area contributed by atoms with Crippen LogP contribution in [0.1, 0.15) is 0 Å². The van der Waals surface area contributed by atoms with Gasteiger partial charge in [-0.1, -0.05) is 115 Å². The quantitative estimate of drug-likeness (QED) is 0.211. The molecule has 1 nitrogen and oxygen atoms in total. The van der Waals surface area contributed by atoms with Crippen molar-refractivity contribution in [3.8, 4) is 39.1 Å². The van der Waals surface area contributed by atoms with E-state index in [0.717, 1.165) is 0 Å². The Hall–Kier alpha value is -5.05. The fraction of sp³-hybridized carbons (Fsp3) is 0. The molecule has 0 atom stereocenters. The monoisotopic (exact) mass is 551 g/mol.